The highest BCUT2D eigenvalue weighted by molar-refractivity contribution is 5.78. The third-order valence-electron chi connectivity index (χ3n) is 2.98. The van der Waals surface area contributed by atoms with Gasteiger partial charge >= 0.3 is 0 Å². The standard InChI is InChI=1S/C14H22N2O2/c1-3-5-12(9-15)14(18)16(2)10-11-6-4-7-13(17)8-11/h4,6-8,12,17H,3,5,9-10,15H2,1-2H3. The van der Waals surface area contributed by atoms with Crippen molar-refractivity contribution >= 4 is 5.91 Å². The lowest BCUT2D eigenvalue weighted by atomic mass is 10.0. The molecule has 3 N–H and O–H groups in total. The van der Waals surface area contributed by atoms with Gasteiger partial charge in [0.2, 0.25) is 5.91 Å². The Morgan fingerprint density at radius 3 is 2.78 bits per heavy atom. The van der Waals surface area contributed by atoms with E-state index in [0.717, 1.165) is 18.4 Å². The monoisotopic (exact) mass is 250 g/mol. The molecule has 0 radical (unpaired) electrons. The summed E-state index contributed by atoms with van der Waals surface area (Å²) in [5.74, 6) is 0.192. The molecule has 18 heavy (non-hydrogen) atoms. The van der Waals surface area contributed by atoms with Crippen LogP contribution in [-0.2, 0) is 11.3 Å². The Kier molecular flexibility index (Phi) is 5.65. The molecule has 1 atom stereocenters. The number of amides is 1. The largest absolute Gasteiger partial charge is 0.508 e. The van der Waals surface area contributed by atoms with E-state index in [4.69, 9.17) is 5.73 Å². The Balaban J connectivity index is 2.64. The predicted octanol–water partition coefficient (Wildman–Crippen LogP) is 1.73. The van der Waals surface area contributed by atoms with Crippen molar-refractivity contribution in [2.45, 2.75) is 26.3 Å². The molecular formula is C14H22N2O2. The van der Waals surface area contributed by atoms with Crippen molar-refractivity contribution in [3.63, 3.8) is 0 Å². The molecule has 0 bridgehead atoms. The maximum Gasteiger partial charge on any atom is 0.226 e. The van der Waals surface area contributed by atoms with Crippen LogP contribution in [0.4, 0.5) is 0 Å². The topological polar surface area (TPSA) is 66.6 Å². The molecule has 0 fully saturated rings. The van der Waals surface area contributed by atoms with Crippen LogP contribution in [0.25, 0.3) is 0 Å². The number of nitrogens with two attached hydrogens (primary N) is 1. The first kappa shape index (κ1) is 14.5. The molecule has 1 unspecified atom stereocenters. The van der Waals surface area contributed by atoms with Crippen LogP contribution in [0.2, 0.25) is 0 Å². The predicted molar refractivity (Wildman–Crippen MR) is 72.0 cm³/mol. The Bertz CT molecular complexity index is 393. The Labute approximate surface area is 108 Å². The van der Waals surface area contributed by atoms with E-state index in [1.807, 2.05) is 13.0 Å². The molecule has 1 aromatic rings. The van der Waals surface area contributed by atoms with Gasteiger partial charge in [0.1, 0.15) is 5.75 Å². The molecule has 0 heterocycles. The second-order valence-electron chi connectivity index (χ2n) is 4.59. The summed E-state index contributed by atoms with van der Waals surface area (Å²) in [5, 5.41) is 9.38. The minimum absolute atomic E-state index is 0.0719. The van der Waals surface area contributed by atoms with Crippen molar-refractivity contribution in [2.75, 3.05) is 13.6 Å². The Morgan fingerprint density at radius 2 is 2.22 bits per heavy atom. The van der Waals surface area contributed by atoms with Gasteiger partial charge in [0.05, 0.1) is 5.92 Å². The van der Waals surface area contributed by atoms with Crippen LogP contribution >= 0.6 is 0 Å². The van der Waals surface area contributed by atoms with Crippen molar-refractivity contribution in [2.24, 2.45) is 11.7 Å². The highest BCUT2D eigenvalue weighted by Crippen LogP contribution is 2.14. The van der Waals surface area contributed by atoms with E-state index in [9.17, 15) is 9.90 Å². The van der Waals surface area contributed by atoms with E-state index >= 15 is 0 Å². The zero-order chi connectivity index (χ0) is 13.5. The molecule has 0 aliphatic carbocycles. The van der Waals surface area contributed by atoms with Gasteiger partial charge < -0.3 is 15.7 Å². The van der Waals surface area contributed by atoms with Crippen molar-refractivity contribution in [3.8, 4) is 5.75 Å². The number of rotatable bonds is 6. The van der Waals surface area contributed by atoms with Gasteiger partial charge in [0, 0.05) is 20.1 Å². The maximum atomic E-state index is 12.1. The van der Waals surface area contributed by atoms with Crippen molar-refractivity contribution in [1.82, 2.24) is 4.90 Å². The first-order chi connectivity index (χ1) is 8.58. The average molecular weight is 250 g/mol. The number of benzene rings is 1. The number of nitrogens with zero attached hydrogens (tertiary/aromatic N) is 1. The number of phenols is 1. The second kappa shape index (κ2) is 7.01. The zero-order valence-electron chi connectivity index (χ0n) is 11.1. The number of carbonyl (C=O) groups is 1. The van der Waals surface area contributed by atoms with Gasteiger partial charge in [0.15, 0.2) is 0 Å². The number of hydrogen-bond donors (Lipinski definition) is 2. The van der Waals surface area contributed by atoms with Crippen LogP contribution in [0.5, 0.6) is 5.75 Å². The van der Waals surface area contributed by atoms with Crippen LogP contribution < -0.4 is 5.73 Å². The molecule has 0 aromatic heterocycles. The second-order valence-corrected chi connectivity index (χ2v) is 4.59. The summed E-state index contributed by atoms with van der Waals surface area (Å²) in [5.41, 5.74) is 6.54. The van der Waals surface area contributed by atoms with Gasteiger partial charge in [-0.25, -0.2) is 0 Å². The maximum absolute atomic E-state index is 12.1. The van der Waals surface area contributed by atoms with Crippen LogP contribution in [-0.4, -0.2) is 29.5 Å². The molecule has 0 saturated heterocycles. The Morgan fingerprint density at radius 1 is 1.50 bits per heavy atom. The fourth-order valence-electron chi connectivity index (χ4n) is 2.01. The fourth-order valence-corrected chi connectivity index (χ4v) is 2.01. The normalized spacial score (nSPS) is 12.2. The summed E-state index contributed by atoms with van der Waals surface area (Å²) in [6.45, 7) is 2.93. The number of hydrogen-bond acceptors (Lipinski definition) is 3. The molecule has 4 nitrogen and oxygen atoms in total. The third-order valence-corrected chi connectivity index (χ3v) is 2.98. The van der Waals surface area contributed by atoms with E-state index in [2.05, 4.69) is 0 Å². The van der Waals surface area contributed by atoms with Gasteiger partial charge in [-0.1, -0.05) is 25.5 Å². The van der Waals surface area contributed by atoms with Gasteiger partial charge in [-0.3, -0.25) is 4.79 Å². The van der Waals surface area contributed by atoms with Gasteiger partial charge in [0.25, 0.3) is 0 Å². The molecule has 100 valence electrons. The molecule has 0 spiro atoms. The quantitative estimate of drug-likeness (QED) is 0.808. The summed E-state index contributed by atoms with van der Waals surface area (Å²) >= 11 is 0. The zero-order valence-corrected chi connectivity index (χ0v) is 11.1. The van der Waals surface area contributed by atoms with E-state index in [1.165, 1.54) is 0 Å². The van der Waals surface area contributed by atoms with Crippen LogP contribution in [0.15, 0.2) is 24.3 Å². The van der Waals surface area contributed by atoms with Crippen LogP contribution in [0.1, 0.15) is 25.3 Å². The Hall–Kier alpha value is -1.55. The first-order valence-electron chi connectivity index (χ1n) is 6.31. The molecular weight excluding hydrogens is 228 g/mol. The molecule has 4 heteroatoms. The minimum atomic E-state index is -0.0997. The minimum Gasteiger partial charge on any atom is -0.508 e. The van der Waals surface area contributed by atoms with Crippen molar-refractivity contribution in [1.29, 1.82) is 0 Å². The van der Waals surface area contributed by atoms with E-state index in [1.54, 1.807) is 30.1 Å². The lowest BCUT2D eigenvalue weighted by molar-refractivity contribution is -0.134. The van der Waals surface area contributed by atoms with Gasteiger partial charge in [-0.05, 0) is 24.1 Å². The van der Waals surface area contributed by atoms with Crippen LogP contribution in [0.3, 0.4) is 0 Å². The van der Waals surface area contributed by atoms with E-state index in [0.29, 0.717) is 13.1 Å². The fraction of sp³-hybridized carbons (Fsp3) is 0.500. The number of aromatic hydroxyl groups is 1. The molecule has 0 saturated carbocycles. The summed E-state index contributed by atoms with van der Waals surface area (Å²) in [6, 6.07) is 6.95. The molecule has 0 aliphatic heterocycles. The lowest BCUT2D eigenvalue weighted by Crippen LogP contribution is -2.36. The smallest absolute Gasteiger partial charge is 0.226 e. The van der Waals surface area contributed by atoms with E-state index < -0.39 is 0 Å². The molecule has 1 rings (SSSR count). The average Bonchev–Trinajstić information content (AvgIpc) is 2.35. The van der Waals surface area contributed by atoms with Crippen molar-refractivity contribution in [3.05, 3.63) is 29.8 Å². The number of phenolic OH excluding ortho intramolecular Hbond substituents is 1. The number of carbonyl (C=O) groups excluding carboxylic acids is 1. The first-order valence-corrected chi connectivity index (χ1v) is 6.31. The van der Waals surface area contributed by atoms with Gasteiger partial charge in [-0.2, -0.15) is 0 Å². The SMILES string of the molecule is CCCC(CN)C(=O)N(C)Cc1cccc(O)c1. The molecule has 0 aliphatic rings. The summed E-state index contributed by atoms with van der Waals surface area (Å²) in [4.78, 5) is 13.8. The molecule has 1 aromatic carbocycles. The lowest BCUT2D eigenvalue weighted by Gasteiger charge is -2.22. The summed E-state index contributed by atoms with van der Waals surface area (Å²) < 4.78 is 0. The summed E-state index contributed by atoms with van der Waals surface area (Å²) in [7, 11) is 1.77. The van der Waals surface area contributed by atoms with Crippen molar-refractivity contribution < 1.29 is 9.90 Å². The van der Waals surface area contributed by atoms with Crippen LogP contribution in [0, 0.1) is 5.92 Å². The summed E-state index contributed by atoms with van der Waals surface area (Å²) in [6.07, 6.45) is 1.77. The molecule has 1 amide bonds. The van der Waals surface area contributed by atoms with Gasteiger partial charge in [-0.15, -0.1) is 0 Å². The highest BCUT2D eigenvalue weighted by Gasteiger charge is 2.19. The van der Waals surface area contributed by atoms with E-state index in [-0.39, 0.29) is 17.6 Å². The third kappa shape index (κ3) is 4.04. The highest BCUT2D eigenvalue weighted by atomic mass is 16.3.